The molecular formula is C10H16N4O. The molecule has 0 radical (unpaired) electrons. The van der Waals surface area contributed by atoms with Crippen LogP contribution in [0.25, 0.3) is 0 Å². The molecule has 0 aliphatic heterocycles. The topological polar surface area (TPSA) is 83.8 Å². The van der Waals surface area contributed by atoms with Gasteiger partial charge in [-0.2, -0.15) is 5.10 Å². The van der Waals surface area contributed by atoms with Crippen LogP contribution >= 0.6 is 0 Å². The number of nitrogens with one attached hydrogen (secondary N) is 2. The van der Waals surface area contributed by atoms with Gasteiger partial charge in [-0.1, -0.05) is 6.42 Å². The fourth-order valence-corrected chi connectivity index (χ4v) is 2.01. The standard InChI is InChI=1S/C10H16N4O/c11-9-3-1-2-8(9)10(15)12-4-7-5-13-14-6-7/h5-6,8-9H,1-4,11H2,(H,12,15)(H,13,14). The minimum atomic E-state index is -0.00287. The molecule has 4 N–H and O–H groups in total. The summed E-state index contributed by atoms with van der Waals surface area (Å²) in [6.45, 7) is 0.526. The zero-order valence-electron chi connectivity index (χ0n) is 8.57. The Bertz CT molecular complexity index is 322. The molecule has 0 saturated heterocycles. The van der Waals surface area contributed by atoms with E-state index in [0.29, 0.717) is 6.54 Å². The number of carbonyl (C=O) groups excluding carboxylic acids is 1. The summed E-state index contributed by atoms with van der Waals surface area (Å²) in [6, 6.07) is 0.0364. The van der Waals surface area contributed by atoms with Crippen molar-refractivity contribution >= 4 is 5.91 Å². The lowest BCUT2D eigenvalue weighted by molar-refractivity contribution is -0.125. The molecule has 5 nitrogen and oxygen atoms in total. The number of nitrogens with two attached hydrogens (primary N) is 1. The maximum atomic E-state index is 11.7. The van der Waals surface area contributed by atoms with Crippen LogP contribution in [-0.4, -0.2) is 22.1 Å². The van der Waals surface area contributed by atoms with E-state index in [0.717, 1.165) is 24.8 Å². The lowest BCUT2D eigenvalue weighted by atomic mass is 10.0. The molecule has 0 bridgehead atoms. The first-order chi connectivity index (χ1) is 7.27. The number of amides is 1. The van der Waals surface area contributed by atoms with Crippen LogP contribution in [0.15, 0.2) is 12.4 Å². The van der Waals surface area contributed by atoms with Gasteiger partial charge in [-0.15, -0.1) is 0 Å². The average molecular weight is 208 g/mol. The normalized spacial score (nSPS) is 25.4. The third-order valence-electron chi connectivity index (χ3n) is 2.93. The highest BCUT2D eigenvalue weighted by Crippen LogP contribution is 2.23. The number of carbonyl (C=O) groups is 1. The maximum Gasteiger partial charge on any atom is 0.224 e. The minimum Gasteiger partial charge on any atom is -0.352 e. The van der Waals surface area contributed by atoms with E-state index in [1.807, 2.05) is 0 Å². The molecule has 2 rings (SSSR count). The van der Waals surface area contributed by atoms with Crippen LogP contribution < -0.4 is 11.1 Å². The van der Waals surface area contributed by atoms with E-state index in [1.54, 1.807) is 12.4 Å². The van der Waals surface area contributed by atoms with Crippen LogP contribution in [0.3, 0.4) is 0 Å². The van der Waals surface area contributed by atoms with E-state index in [2.05, 4.69) is 15.5 Å². The first-order valence-corrected chi connectivity index (χ1v) is 5.28. The van der Waals surface area contributed by atoms with Gasteiger partial charge in [-0.3, -0.25) is 9.89 Å². The third-order valence-corrected chi connectivity index (χ3v) is 2.93. The van der Waals surface area contributed by atoms with Crippen molar-refractivity contribution in [2.24, 2.45) is 11.7 Å². The molecule has 1 aromatic heterocycles. The fraction of sp³-hybridized carbons (Fsp3) is 0.600. The number of nitrogens with zero attached hydrogens (tertiary/aromatic N) is 1. The fourth-order valence-electron chi connectivity index (χ4n) is 2.01. The van der Waals surface area contributed by atoms with Crippen LogP contribution in [-0.2, 0) is 11.3 Å². The van der Waals surface area contributed by atoms with Gasteiger partial charge in [0.1, 0.15) is 0 Å². The molecule has 1 fully saturated rings. The van der Waals surface area contributed by atoms with Crippen molar-refractivity contribution in [1.29, 1.82) is 0 Å². The predicted octanol–water partition coefficient (Wildman–Crippen LogP) is 0.153. The van der Waals surface area contributed by atoms with Gasteiger partial charge in [-0.25, -0.2) is 0 Å². The first-order valence-electron chi connectivity index (χ1n) is 5.28. The summed E-state index contributed by atoms with van der Waals surface area (Å²) in [4.78, 5) is 11.7. The van der Waals surface area contributed by atoms with Gasteiger partial charge in [0.25, 0.3) is 0 Å². The van der Waals surface area contributed by atoms with Crippen molar-refractivity contribution in [1.82, 2.24) is 15.5 Å². The van der Waals surface area contributed by atoms with Gasteiger partial charge < -0.3 is 11.1 Å². The van der Waals surface area contributed by atoms with E-state index in [1.165, 1.54) is 0 Å². The van der Waals surface area contributed by atoms with Gasteiger partial charge in [0.2, 0.25) is 5.91 Å². The second-order valence-corrected chi connectivity index (χ2v) is 4.03. The second-order valence-electron chi connectivity index (χ2n) is 4.03. The van der Waals surface area contributed by atoms with Crippen LogP contribution in [0.4, 0.5) is 0 Å². The SMILES string of the molecule is NC1CCCC1C(=O)NCc1cn[nH]c1. The van der Waals surface area contributed by atoms with Crippen molar-refractivity contribution in [3.63, 3.8) is 0 Å². The number of hydrogen-bond acceptors (Lipinski definition) is 3. The van der Waals surface area contributed by atoms with Crippen LogP contribution in [0.1, 0.15) is 24.8 Å². The molecule has 2 atom stereocenters. The van der Waals surface area contributed by atoms with Crippen LogP contribution in [0.5, 0.6) is 0 Å². The second kappa shape index (κ2) is 4.44. The zero-order chi connectivity index (χ0) is 10.7. The van der Waals surface area contributed by atoms with Crippen LogP contribution in [0, 0.1) is 5.92 Å². The first kappa shape index (κ1) is 10.2. The monoisotopic (exact) mass is 208 g/mol. The van der Waals surface area contributed by atoms with Crippen molar-refractivity contribution in [3.8, 4) is 0 Å². The highest BCUT2D eigenvalue weighted by Gasteiger charge is 2.29. The van der Waals surface area contributed by atoms with Gasteiger partial charge in [0.15, 0.2) is 0 Å². The Morgan fingerprint density at radius 1 is 1.67 bits per heavy atom. The van der Waals surface area contributed by atoms with E-state index in [9.17, 15) is 4.79 Å². The minimum absolute atomic E-state index is 0.00287. The molecule has 1 amide bonds. The van der Waals surface area contributed by atoms with Crippen molar-refractivity contribution < 1.29 is 4.79 Å². The molecule has 15 heavy (non-hydrogen) atoms. The van der Waals surface area contributed by atoms with Crippen molar-refractivity contribution in [2.45, 2.75) is 31.8 Å². The Balaban J connectivity index is 1.82. The summed E-state index contributed by atoms with van der Waals surface area (Å²) in [6.07, 6.45) is 6.41. The lowest BCUT2D eigenvalue weighted by Crippen LogP contribution is -2.38. The van der Waals surface area contributed by atoms with Crippen molar-refractivity contribution in [2.75, 3.05) is 0 Å². The summed E-state index contributed by atoms with van der Waals surface area (Å²) in [5, 5.41) is 9.40. The zero-order valence-corrected chi connectivity index (χ0v) is 8.57. The largest absolute Gasteiger partial charge is 0.352 e. The molecule has 1 saturated carbocycles. The highest BCUT2D eigenvalue weighted by atomic mass is 16.1. The Kier molecular flexibility index (Phi) is 3.01. The molecule has 0 aromatic carbocycles. The summed E-state index contributed by atoms with van der Waals surface area (Å²) in [5.74, 6) is 0.0677. The maximum absolute atomic E-state index is 11.7. The summed E-state index contributed by atoms with van der Waals surface area (Å²) in [7, 11) is 0. The molecule has 1 aliphatic carbocycles. The smallest absolute Gasteiger partial charge is 0.224 e. The average Bonchev–Trinajstić information content (AvgIpc) is 2.84. The van der Waals surface area contributed by atoms with E-state index < -0.39 is 0 Å². The van der Waals surface area contributed by atoms with Gasteiger partial charge in [0, 0.05) is 24.3 Å². The number of aromatic nitrogens is 2. The van der Waals surface area contributed by atoms with E-state index in [-0.39, 0.29) is 17.9 Å². The quantitative estimate of drug-likeness (QED) is 0.661. The molecule has 2 unspecified atom stereocenters. The van der Waals surface area contributed by atoms with E-state index >= 15 is 0 Å². The summed E-state index contributed by atoms with van der Waals surface area (Å²) < 4.78 is 0. The molecular weight excluding hydrogens is 192 g/mol. The van der Waals surface area contributed by atoms with Gasteiger partial charge in [0.05, 0.1) is 12.1 Å². The Hall–Kier alpha value is -1.36. The number of aromatic amines is 1. The molecule has 1 aliphatic rings. The highest BCUT2D eigenvalue weighted by molar-refractivity contribution is 5.79. The summed E-state index contributed by atoms with van der Waals surface area (Å²) >= 11 is 0. The molecule has 5 heteroatoms. The lowest BCUT2D eigenvalue weighted by Gasteiger charge is -2.14. The predicted molar refractivity (Wildman–Crippen MR) is 55.8 cm³/mol. The van der Waals surface area contributed by atoms with Crippen molar-refractivity contribution in [3.05, 3.63) is 18.0 Å². The number of H-pyrrole nitrogens is 1. The summed E-state index contributed by atoms with van der Waals surface area (Å²) in [5.41, 5.74) is 6.83. The Morgan fingerprint density at radius 3 is 3.13 bits per heavy atom. The van der Waals surface area contributed by atoms with Gasteiger partial charge >= 0.3 is 0 Å². The number of hydrogen-bond donors (Lipinski definition) is 3. The Labute approximate surface area is 88.4 Å². The molecule has 0 spiro atoms. The molecule has 1 heterocycles. The van der Waals surface area contributed by atoms with Gasteiger partial charge in [-0.05, 0) is 12.8 Å². The Morgan fingerprint density at radius 2 is 2.53 bits per heavy atom. The van der Waals surface area contributed by atoms with Crippen LogP contribution in [0.2, 0.25) is 0 Å². The van der Waals surface area contributed by atoms with E-state index in [4.69, 9.17) is 5.73 Å². The molecule has 82 valence electrons. The molecule has 1 aromatic rings. The number of rotatable bonds is 3. The third kappa shape index (κ3) is 2.36.